The Bertz CT molecular complexity index is 834. The number of ether oxygens (including phenoxy) is 1. The van der Waals surface area contributed by atoms with Crippen LogP contribution in [0.5, 0.6) is 5.75 Å². The molecular formula is C17H17ClFN3O2. The van der Waals surface area contributed by atoms with Crippen LogP contribution in [-0.2, 0) is 17.6 Å². The average molecular weight is 350 g/mol. The Morgan fingerprint density at radius 3 is 2.83 bits per heavy atom. The zero-order valence-corrected chi connectivity index (χ0v) is 14.1. The minimum absolute atomic E-state index is 0.0730. The molecule has 0 saturated heterocycles. The summed E-state index contributed by atoms with van der Waals surface area (Å²) in [5.74, 6) is -0.250. The fourth-order valence-electron chi connectivity index (χ4n) is 3.39. The molecule has 1 aliphatic carbocycles. The summed E-state index contributed by atoms with van der Waals surface area (Å²) in [5, 5.41) is 4.95. The third-order valence-corrected chi connectivity index (χ3v) is 5.00. The van der Waals surface area contributed by atoms with Gasteiger partial charge in [0.15, 0.2) is 12.4 Å². The van der Waals surface area contributed by atoms with Gasteiger partial charge in [-0.1, -0.05) is 11.6 Å². The van der Waals surface area contributed by atoms with E-state index in [0.29, 0.717) is 23.1 Å². The molecule has 0 saturated carbocycles. The van der Waals surface area contributed by atoms with Crippen molar-refractivity contribution in [2.24, 2.45) is 0 Å². The molecule has 0 spiro atoms. The van der Waals surface area contributed by atoms with E-state index >= 15 is 0 Å². The van der Waals surface area contributed by atoms with Gasteiger partial charge in [0.2, 0.25) is 0 Å². The lowest BCUT2D eigenvalue weighted by atomic mass is 9.99. The van der Waals surface area contributed by atoms with Crippen LogP contribution in [0.2, 0.25) is 5.15 Å². The zero-order valence-electron chi connectivity index (χ0n) is 13.3. The van der Waals surface area contributed by atoms with Crippen molar-refractivity contribution in [2.75, 3.05) is 18.1 Å². The highest BCUT2D eigenvalue weighted by Gasteiger charge is 2.28. The van der Waals surface area contributed by atoms with Crippen molar-refractivity contribution in [1.82, 2.24) is 9.78 Å². The summed E-state index contributed by atoms with van der Waals surface area (Å²) in [5.41, 5.74) is 2.72. The minimum atomic E-state index is -0.471. The SMILES string of the molecule is CCN1C(=O)COc2cc(F)c(-n3nc4c(c3Cl)CCCC4)cc21. The average Bonchev–Trinajstić information content (AvgIpc) is 2.92. The molecule has 0 N–H and O–H groups in total. The number of anilines is 1. The van der Waals surface area contributed by atoms with Gasteiger partial charge in [-0.2, -0.15) is 5.10 Å². The van der Waals surface area contributed by atoms with Gasteiger partial charge in [0.25, 0.3) is 5.91 Å². The number of halogens is 2. The van der Waals surface area contributed by atoms with E-state index < -0.39 is 5.82 Å². The zero-order chi connectivity index (χ0) is 16.8. The molecule has 24 heavy (non-hydrogen) atoms. The normalized spacial score (nSPS) is 16.6. The van der Waals surface area contributed by atoms with E-state index in [1.165, 1.54) is 10.7 Å². The standard InChI is InChI=1S/C17H17ClFN3O2/c1-2-21-14-8-13(11(19)7-15(14)24-9-16(21)23)22-17(18)10-5-3-4-6-12(10)20-22/h7-8H,2-6,9H2,1H3. The first kappa shape index (κ1) is 15.4. The maximum atomic E-state index is 14.6. The Labute approximate surface area is 144 Å². The number of amides is 1. The number of rotatable bonds is 2. The van der Waals surface area contributed by atoms with Crippen molar-refractivity contribution in [2.45, 2.75) is 32.6 Å². The second kappa shape index (κ2) is 5.77. The fourth-order valence-corrected chi connectivity index (χ4v) is 3.73. The molecule has 1 aromatic carbocycles. The van der Waals surface area contributed by atoms with Crippen molar-refractivity contribution >= 4 is 23.2 Å². The molecule has 1 amide bonds. The highest BCUT2D eigenvalue weighted by atomic mass is 35.5. The molecule has 1 aromatic heterocycles. The molecule has 4 rings (SSSR count). The van der Waals surface area contributed by atoms with Gasteiger partial charge in [-0.15, -0.1) is 0 Å². The molecule has 2 heterocycles. The number of likely N-dealkylation sites (N-methyl/N-ethyl adjacent to an activating group) is 1. The second-order valence-electron chi connectivity index (χ2n) is 6.03. The Kier molecular flexibility index (Phi) is 3.72. The summed E-state index contributed by atoms with van der Waals surface area (Å²) in [7, 11) is 0. The van der Waals surface area contributed by atoms with Crippen LogP contribution in [0.3, 0.4) is 0 Å². The largest absolute Gasteiger partial charge is 0.481 e. The summed E-state index contributed by atoms with van der Waals surface area (Å²) in [6.07, 6.45) is 3.86. The lowest BCUT2D eigenvalue weighted by Gasteiger charge is -2.29. The molecular weight excluding hydrogens is 333 g/mol. The summed E-state index contributed by atoms with van der Waals surface area (Å²) in [6, 6.07) is 2.90. The van der Waals surface area contributed by atoms with E-state index in [-0.39, 0.29) is 18.2 Å². The minimum Gasteiger partial charge on any atom is -0.481 e. The van der Waals surface area contributed by atoms with E-state index in [2.05, 4.69) is 5.10 Å². The monoisotopic (exact) mass is 349 g/mol. The van der Waals surface area contributed by atoms with Crippen molar-refractivity contribution in [3.63, 3.8) is 0 Å². The van der Waals surface area contributed by atoms with Crippen molar-refractivity contribution in [3.8, 4) is 11.4 Å². The molecule has 7 heteroatoms. The van der Waals surface area contributed by atoms with Crippen LogP contribution < -0.4 is 9.64 Å². The van der Waals surface area contributed by atoms with Crippen LogP contribution in [0.4, 0.5) is 10.1 Å². The summed E-state index contributed by atoms with van der Waals surface area (Å²) in [6.45, 7) is 2.29. The molecule has 5 nitrogen and oxygen atoms in total. The number of fused-ring (bicyclic) bond motifs is 2. The molecule has 0 fully saturated rings. The van der Waals surface area contributed by atoms with Gasteiger partial charge in [-0.25, -0.2) is 9.07 Å². The van der Waals surface area contributed by atoms with Crippen molar-refractivity contribution in [1.29, 1.82) is 0 Å². The van der Waals surface area contributed by atoms with Crippen LogP contribution in [-0.4, -0.2) is 28.8 Å². The highest BCUT2D eigenvalue weighted by molar-refractivity contribution is 6.30. The highest BCUT2D eigenvalue weighted by Crippen LogP contribution is 2.37. The van der Waals surface area contributed by atoms with E-state index in [0.717, 1.165) is 36.9 Å². The third kappa shape index (κ3) is 2.28. The van der Waals surface area contributed by atoms with E-state index in [4.69, 9.17) is 16.3 Å². The molecule has 2 aliphatic rings. The number of hydrogen-bond acceptors (Lipinski definition) is 3. The number of carbonyl (C=O) groups is 1. The second-order valence-corrected chi connectivity index (χ2v) is 6.39. The van der Waals surface area contributed by atoms with Crippen molar-refractivity contribution < 1.29 is 13.9 Å². The third-order valence-electron chi connectivity index (χ3n) is 4.61. The van der Waals surface area contributed by atoms with Crippen LogP contribution >= 0.6 is 11.6 Å². The first-order valence-corrected chi connectivity index (χ1v) is 8.51. The number of benzene rings is 1. The molecule has 0 unspecified atom stereocenters. The molecule has 0 atom stereocenters. The Balaban J connectivity index is 1.86. The summed E-state index contributed by atoms with van der Waals surface area (Å²) >= 11 is 6.45. The van der Waals surface area contributed by atoms with E-state index in [9.17, 15) is 9.18 Å². The number of hydrogen-bond donors (Lipinski definition) is 0. The predicted octanol–water partition coefficient (Wildman–Crippen LogP) is 3.29. The topological polar surface area (TPSA) is 47.4 Å². The maximum Gasteiger partial charge on any atom is 0.265 e. The molecule has 0 bridgehead atoms. The Hall–Kier alpha value is -2.08. The Morgan fingerprint density at radius 2 is 2.08 bits per heavy atom. The smallest absolute Gasteiger partial charge is 0.265 e. The van der Waals surface area contributed by atoms with Gasteiger partial charge in [0, 0.05) is 18.2 Å². The Morgan fingerprint density at radius 1 is 1.29 bits per heavy atom. The van der Waals surface area contributed by atoms with Crippen molar-refractivity contribution in [3.05, 3.63) is 34.4 Å². The first-order chi connectivity index (χ1) is 11.6. The molecule has 2 aromatic rings. The van der Waals surface area contributed by atoms with Gasteiger partial charge in [0.05, 0.1) is 11.4 Å². The summed E-state index contributed by atoms with van der Waals surface area (Å²) in [4.78, 5) is 13.6. The van der Waals surface area contributed by atoms with Crippen LogP contribution in [0, 0.1) is 5.82 Å². The number of carbonyl (C=O) groups excluding carboxylic acids is 1. The van der Waals surface area contributed by atoms with Gasteiger partial charge in [0.1, 0.15) is 16.6 Å². The van der Waals surface area contributed by atoms with Crippen LogP contribution in [0.15, 0.2) is 12.1 Å². The lowest BCUT2D eigenvalue weighted by Crippen LogP contribution is -2.38. The van der Waals surface area contributed by atoms with Crippen LogP contribution in [0.25, 0.3) is 5.69 Å². The fraction of sp³-hybridized carbons (Fsp3) is 0.412. The summed E-state index contributed by atoms with van der Waals surface area (Å²) < 4.78 is 21.4. The first-order valence-electron chi connectivity index (χ1n) is 8.13. The maximum absolute atomic E-state index is 14.6. The molecule has 126 valence electrons. The number of nitrogens with zero attached hydrogens (tertiary/aromatic N) is 3. The lowest BCUT2D eigenvalue weighted by molar-refractivity contribution is -0.121. The molecule has 0 radical (unpaired) electrons. The van der Waals surface area contributed by atoms with E-state index in [1.807, 2.05) is 6.92 Å². The van der Waals surface area contributed by atoms with Gasteiger partial charge >= 0.3 is 0 Å². The van der Waals surface area contributed by atoms with Gasteiger partial charge in [-0.05, 0) is 38.7 Å². The van der Waals surface area contributed by atoms with Gasteiger partial charge < -0.3 is 9.64 Å². The number of aromatic nitrogens is 2. The predicted molar refractivity (Wildman–Crippen MR) is 88.7 cm³/mol. The molecule has 1 aliphatic heterocycles. The van der Waals surface area contributed by atoms with E-state index in [1.54, 1.807) is 11.0 Å². The van der Waals surface area contributed by atoms with Gasteiger partial charge in [-0.3, -0.25) is 4.79 Å². The quantitative estimate of drug-likeness (QED) is 0.836. The van der Waals surface area contributed by atoms with Crippen LogP contribution in [0.1, 0.15) is 31.0 Å². The number of aryl methyl sites for hydroxylation is 1.